The molecule has 0 N–H and O–H groups in total. The fourth-order valence-corrected chi connectivity index (χ4v) is 3.42. The molecule has 0 saturated heterocycles. The molecule has 0 atom stereocenters. The minimum atomic E-state index is 0. The predicted octanol–water partition coefficient (Wildman–Crippen LogP) is 13.4. The SMILES string of the molecule is C.Cc1ccc(C(C)C)cc1.Cc1ccc(C(C)C)cc1C.[2H]c1c([2H])c(C(C)C)c([2H])c([2H])c1C.[2H]c1c([2H])c(C(C)C)c([2H])c([2H])c1C. The van der Waals surface area contributed by atoms with Crippen LogP contribution in [-0.4, -0.2) is 0 Å². The Hall–Kier alpha value is -3.12. The molecule has 230 valence electrons. The lowest BCUT2D eigenvalue weighted by Crippen LogP contribution is -1.89. The summed E-state index contributed by atoms with van der Waals surface area (Å²) in [6.45, 7) is 26.0. The average molecular weight is 575 g/mol. The molecule has 4 rings (SSSR count). The molecule has 0 heterocycles. The fraction of sp³-hybridized carbons (Fsp3) is 0.429. The zero-order valence-electron chi connectivity index (χ0n) is 35.9. The van der Waals surface area contributed by atoms with Crippen LogP contribution < -0.4 is 0 Å². The Labute approximate surface area is 272 Å². The van der Waals surface area contributed by atoms with Gasteiger partial charge >= 0.3 is 0 Å². The molecule has 4 aromatic rings. The maximum absolute atomic E-state index is 7.71. The molecule has 0 amide bonds. The molecule has 0 spiro atoms. The molecule has 0 aliphatic carbocycles. The zero-order valence-corrected chi connectivity index (χ0v) is 27.9. The summed E-state index contributed by atoms with van der Waals surface area (Å²) in [4.78, 5) is 0. The summed E-state index contributed by atoms with van der Waals surface area (Å²) in [5.74, 6) is 1.34. The standard InChI is InChI=1S/C11H16.3C10H14.CH4/c1-8(2)11-6-5-9(3)10(4)7-11;3*1-8(2)10-6-4-9(3)5-7-10;/h5-8H,1-4H3;3*4-8H,1-3H3;1H4/i;2*4D,5D,6D,7D;;. The maximum Gasteiger partial charge on any atom is 0.0626 e. The molecule has 0 bridgehead atoms. The molecule has 0 aliphatic rings. The van der Waals surface area contributed by atoms with Crippen molar-refractivity contribution in [3.8, 4) is 0 Å². The molecule has 0 nitrogen and oxygen atoms in total. The number of aryl methyl sites for hydroxylation is 3. The van der Waals surface area contributed by atoms with E-state index in [1.165, 1.54) is 27.8 Å². The van der Waals surface area contributed by atoms with Gasteiger partial charge in [0.1, 0.15) is 0 Å². The van der Waals surface area contributed by atoms with E-state index in [1.54, 1.807) is 13.8 Å². The summed E-state index contributed by atoms with van der Waals surface area (Å²) in [5.41, 5.74) is 8.83. The highest BCUT2D eigenvalue weighted by molar-refractivity contribution is 5.31. The van der Waals surface area contributed by atoms with Crippen LogP contribution in [0.3, 0.4) is 0 Å². The van der Waals surface area contributed by atoms with Gasteiger partial charge in [0.15, 0.2) is 0 Å². The monoisotopic (exact) mass is 575 g/mol. The Bertz CT molecular complexity index is 1550. The van der Waals surface area contributed by atoms with Gasteiger partial charge in [-0.25, -0.2) is 0 Å². The first-order chi connectivity index (χ1) is 22.6. The van der Waals surface area contributed by atoms with Crippen molar-refractivity contribution in [2.45, 2.75) is 121 Å². The second-order valence-corrected chi connectivity index (χ2v) is 12.0. The van der Waals surface area contributed by atoms with Crippen LogP contribution in [0.25, 0.3) is 0 Å². The Kier molecular flexibility index (Phi) is 12.6. The number of benzene rings is 4. The van der Waals surface area contributed by atoms with Crippen molar-refractivity contribution < 1.29 is 11.0 Å². The van der Waals surface area contributed by atoms with E-state index in [9.17, 15) is 0 Å². The van der Waals surface area contributed by atoms with E-state index in [1.807, 2.05) is 27.7 Å². The highest BCUT2D eigenvalue weighted by Crippen LogP contribution is 2.18. The third-order valence-corrected chi connectivity index (χ3v) is 6.64. The van der Waals surface area contributed by atoms with Gasteiger partial charge in [0.25, 0.3) is 0 Å². The molecule has 0 radical (unpaired) electrons. The quantitative estimate of drug-likeness (QED) is 0.227. The second-order valence-electron chi connectivity index (χ2n) is 12.0. The van der Waals surface area contributed by atoms with Crippen LogP contribution in [0.5, 0.6) is 0 Å². The molecule has 42 heavy (non-hydrogen) atoms. The van der Waals surface area contributed by atoms with Crippen LogP contribution in [0.1, 0.15) is 148 Å². The lowest BCUT2D eigenvalue weighted by Gasteiger charge is -2.07. The Morgan fingerprint density at radius 3 is 1.02 bits per heavy atom. The van der Waals surface area contributed by atoms with Gasteiger partial charge in [0.2, 0.25) is 0 Å². The van der Waals surface area contributed by atoms with Crippen molar-refractivity contribution in [3.05, 3.63) is 141 Å². The van der Waals surface area contributed by atoms with Gasteiger partial charge in [-0.1, -0.05) is 170 Å². The highest BCUT2D eigenvalue weighted by Gasteiger charge is 2.00. The van der Waals surface area contributed by atoms with E-state index >= 15 is 0 Å². The van der Waals surface area contributed by atoms with Crippen LogP contribution in [0.15, 0.2) is 90.8 Å². The van der Waals surface area contributed by atoms with Gasteiger partial charge < -0.3 is 0 Å². The van der Waals surface area contributed by atoms with Gasteiger partial charge in [-0.15, -0.1) is 0 Å². The van der Waals surface area contributed by atoms with Gasteiger partial charge in [0, 0.05) is 0 Å². The summed E-state index contributed by atoms with van der Waals surface area (Å²) >= 11 is 0. The number of hydrogen-bond donors (Lipinski definition) is 0. The molecule has 0 aliphatic heterocycles. The van der Waals surface area contributed by atoms with Crippen LogP contribution >= 0.6 is 0 Å². The highest BCUT2D eigenvalue weighted by atomic mass is 14.1. The molecule has 0 fully saturated rings. The third kappa shape index (κ3) is 15.2. The first-order valence-corrected chi connectivity index (χ1v) is 14.8. The zero-order chi connectivity index (χ0) is 38.1. The summed E-state index contributed by atoms with van der Waals surface area (Å²) in [5, 5.41) is 0. The van der Waals surface area contributed by atoms with Gasteiger partial charge in [-0.3, -0.25) is 0 Å². The van der Waals surface area contributed by atoms with Crippen molar-refractivity contribution >= 4 is 0 Å². The molecular formula is C42H62. The lowest BCUT2D eigenvalue weighted by atomic mass is 9.99. The van der Waals surface area contributed by atoms with E-state index in [2.05, 4.69) is 90.9 Å². The molecular weight excluding hydrogens is 504 g/mol. The van der Waals surface area contributed by atoms with E-state index in [0.29, 0.717) is 34.1 Å². The van der Waals surface area contributed by atoms with Crippen molar-refractivity contribution in [1.82, 2.24) is 0 Å². The van der Waals surface area contributed by atoms with E-state index in [-0.39, 0.29) is 67.6 Å². The van der Waals surface area contributed by atoms with Crippen LogP contribution in [0.2, 0.25) is 0 Å². The Morgan fingerprint density at radius 1 is 0.381 bits per heavy atom. The smallest absolute Gasteiger partial charge is 0.0626 e. The number of hydrogen-bond acceptors (Lipinski definition) is 0. The van der Waals surface area contributed by atoms with Gasteiger partial charge in [-0.2, -0.15) is 0 Å². The first kappa shape index (κ1) is 26.5. The van der Waals surface area contributed by atoms with Crippen LogP contribution in [-0.2, 0) is 0 Å². The van der Waals surface area contributed by atoms with Crippen LogP contribution in [0, 0.1) is 34.6 Å². The molecule has 0 saturated carbocycles. The Morgan fingerprint density at radius 2 is 0.714 bits per heavy atom. The topological polar surface area (TPSA) is 0 Å². The minimum Gasteiger partial charge on any atom is -0.0776 e. The summed E-state index contributed by atoms with van der Waals surface area (Å²) in [6.07, 6.45) is 0. The summed E-state index contributed by atoms with van der Waals surface area (Å²) < 4.78 is 61.4. The summed E-state index contributed by atoms with van der Waals surface area (Å²) in [7, 11) is 0. The normalized spacial score (nSPS) is 12.9. The number of rotatable bonds is 4. The van der Waals surface area contributed by atoms with Crippen LogP contribution in [0.4, 0.5) is 0 Å². The van der Waals surface area contributed by atoms with E-state index < -0.39 is 0 Å². The molecule has 0 heteroatoms. The molecule has 0 aromatic heterocycles. The molecule has 4 aromatic carbocycles. The largest absolute Gasteiger partial charge is 0.0776 e. The van der Waals surface area contributed by atoms with Crippen molar-refractivity contribution in [1.29, 1.82) is 0 Å². The molecule has 0 unspecified atom stereocenters. The first-order valence-electron chi connectivity index (χ1n) is 18.8. The minimum absolute atomic E-state index is 0. The third-order valence-electron chi connectivity index (χ3n) is 6.64. The maximum atomic E-state index is 7.71. The van der Waals surface area contributed by atoms with E-state index in [4.69, 9.17) is 11.0 Å². The lowest BCUT2D eigenvalue weighted by molar-refractivity contribution is 0.864. The van der Waals surface area contributed by atoms with E-state index in [0.717, 1.165) is 0 Å². The predicted molar refractivity (Wildman–Crippen MR) is 193 cm³/mol. The van der Waals surface area contributed by atoms with Gasteiger partial charge in [0.05, 0.1) is 11.0 Å². The summed E-state index contributed by atoms with van der Waals surface area (Å²) in [6, 6.07) is 16.1. The fourth-order valence-electron chi connectivity index (χ4n) is 3.42. The average Bonchev–Trinajstić information content (AvgIpc) is 3.03. The Balaban J connectivity index is 0.000000642. The van der Waals surface area contributed by atoms with Gasteiger partial charge in [-0.05, 0) is 91.7 Å². The second kappa shape index (κ2) is 19.9. The van der Waals surface area contributed by atoms with Crippen molar-refractivity contribution in [2.24, 2.45) is 0 Å². The van der Waals surface area contributed by atoms with Crippen molar-refractivity contribution in [3.63, 3.8) is 0 Å². The van der Waals surface area contributed by atoms with Crippen molar-refractivity contribution in [2.75, 3.05) is 0 Å².